The summed E-state index contributed by atoms with van der Waals surface area (Å²) >= 11 is 0. The topological polar surface area (TPSA) is 90.0 Å². The first-order valence-electron chi connectivity index (χ1n) is 9.39. The number of fused-ring (bicyclic) bond motifs is 1. The van der Waals surface area contributed by atoms with Crippen LogP contribution in [0.1, 0.15) is 16.1 Å². The number of pyridine rings is 3. The molecule has 8 nitrogen and oxygen atoms in total. The minimum Gasteiger partial charge on any atom is -0.346 e. The summed E-state index contributed by atoms with van der Waals surface area (Å²) in [5.74, 6) is 1.09. The summed E-state index contributed by atoms with van der Waals surface area (Å²) < 4.78 is 3.69. The van der Waals surface area contributed by atoms with Crippen LogP contribution < -0.4 is 5.32 Å². The van der Waals surface area contributed by atoms with Gasteiger partial charge in [-0.25, -0.2) is 15.0 Å². The van der Waals surface area contributed by atoms with Crippen molar-refractivity contribution in [2.45, 2.75) is 6.54 Å². The molecule has 1 amide bonds. The van der Waals surface area contributed by atoms with E-state index in [9.17, 15) is 4.79 Å². The lowest BCUT2D eigenvalue weighted by atomic mass is 10.2. The van der Waals surface area contributed by atoms with Gasteiger partial charge in [0.1, 0.15) is 17.8 Å². The molecule has 5 aromatic rings. The molecule has 0 aliphatic rings. The molecule has 0 fully saturated rings. The Hall–Kier alpha value is -4.33. The highest BCUT2D eigenvalue weighted by Crippen LogP contribution is 2.22. The number of hydrogen-bond donors (Lipinski definition) is 1. The number of rotatable bonds is 5. The summed E-state index contributed by atoms with van der Waals surface area (Å²) in [6, 6.07) is 15.1. The number of imidazole rings is 2. The van der Waals surface area contributed by atoms with Crippen LogP contribution in [0.5, 0.6) is 0 Å². The van der Waals surface area contributed by atoms with Gasteiger partial charge in [-0.2, -0.15) is 0 Å². The van der Waals surface area contributed by atoms with Gasteiger partial charge in [0, 0.05) is 37.5 Å². The predicted molar refractivity (Wildman–Crippen MR) is 111 cm³/mol. The molecule has 5 aromatic heterocycles. The summed E-state index contributed by atoms with van der Waals surface area (Å²) in [6.45, 7) is 0.377. The highest BCUT2D eigenvalue weighted by molar-refractivity contribution is 5.99. The van der Waals surface area contributed by atoms with E-state index >= 15 is 0 Å². The van der Waals surface area contributed by atoms with Crippen LogP contribution >= 0.6 is 0 Å². The van der Waals surface area contributed by atoms with Gasteiger partial charge in [0.2, 0.25) is 0 Å². The van der Waals surface area contributed by atoms with E-state index in [-0.39, 0.29) is 5.91 Å². The Morgan fingerprint density at radius 3 is 2.77 bits per heavy atom. The van der Waals surface area contributed by atoms with Crippen LogP contribution in [0.25, 0.3) is 22.9 Å². The quantitative estimate of drug-likeness (QED) is 0.494. The van der Waals surface area contributed by atoms with E-state index in [2.05, 4.69) is 25.3 Å². The van der Waals surface area contributed by atoms with E-state index in [0.29, 0.717) is 29.3 Å². The second kappa shape index (κ2) is 7.59. The summed E-state index contributed by atoms with van der Waals surface area (Å²) in [4.78, 5) is 30.4. The molecule has 146 valence electrons. The zero-order valence-corrected chi connectivity index (χ0v) is 15.9. The van der Waals surface area contributed by atoms with Gasteiger partial charge in [-0.1, -0.05) is 18.2 Å². The molecular weight excluding hydrogens is 378 g/mol. The Bertz CT molecular complexity index is 1310. The van der Waals surface area contributed by atoms with Crippen molar-refractivity contribution in [2.24, 2.45) is 0 Å². The third-order valence-electron chi connectivity index (χ3n) is 4.66. The number of carbonyl (C=O) groups is 1. The zero-order chi connectivity index (χ0) is 20.3. The Morgan fingerprint density at radius 2 is 1.93 bits per heavy atom. The van der Waals surface area contributed by atoms with Gasteiger partial charge in [0.05, 0.1) is 5.52 Å². The molecular formula is C22H17N7O. The van der Waals surface area contributed by atoms with E-state index in [1.807, 2.05) is 69.9 Å². The molecule has 0 radical (unpaired) electrons. The Kier molecular flexibility index (Phi) is 4.49. The standard InChI is InChI=1S/C22H17N7O/c30-22(25-13-16-6-5-9-23-12-16)20-18-7-2-4-11-29(18)21(27-20)17-14-28(15-26-17)19-8-1-3-10-24-19/h1-12,14-15H,13H2,(H,25,30). The maximum atomic E-state index is 12.9. The van der Waals surface area contributed by atoms with Crippen LogP contribution in [-0.2, 0) is 6.54 Å². The van der Waals surface area contributed by atoms with E-state index in [4.69, 9.17) is 0 Å². The lowest BCUT2D eigenvalue weighted by Crippen LogP contribution is -2.23. The van der Waals surface area contributed by atoms with Gasteiger partial charge >= 0.3 is 0 Å². The van der Waals surface area contributed by atoms with Crippen LogP contribution in [0.3, 0.4) is 0 Å². The van der Waals surface area contributed by atoms with Crippen LogP contribution in [-0.4, -0.2) is 34.8 Å². The average Bonchev–Trinajstić information content (AvgIpc) is 3.44. The highest BCUT2D eigenvalue weighted by Gasteiger charge is 2.19. The van der Waals surface area contributed by atoms with Crippen LogP contribution in [0.15, 0.2) is 85.8 Å². The number of nitrogens with zero attached hydrogens (tertiary/aromatic N) is 6. The fraction of sp³-hybridized carbons (Fsp3) is 0.0455. The molecule has 0 aliphatic heterocycles. The molecule has 0 spiro atoms. The molecule has 0 atom stereocenters. The molecule has 0 aliphatic carbocycles. The summed E-state index contributed by atoms with van der Waals surface area (Å²) in [6.07, 6.45) is 10.6. The largest absolute Gasteiger partial charge is 0.346 e. The second-order valence-corrected chi connectivity index (χ2v) is 6.64. The third kappa shape index (κ3) is 3.30. The fourth-order valence-corrected chi connectivity index (χ4v) is 3.22. The lowest BCUT2D eigenvalue weighted by Gasteiger charge is -2.03. The molecule has 0 aromatic carbocycles. The molecule has 0 unspecified atom stereocenters. The van der Waals surface area contributed by atoms with Crippen molar-refractivity contribution in [2.75, 3.05) is 0 Å². The van der Waals surface area contributed by atoms with E-state index in [1.165, 1.54) is 0 Å². The Balaban J connectivity index is 1.49. The molecule has 0 saturated heterocycles. The Morgan fingerprint density at radius 1 is 1.00 bits per heavy atom. The van der Waals surface area contributed by atoms with Crippen molar-refractivity contribution in [1.82, 2.24) is 34.2 Å². The van der Waals surface area contributed by atoms with Gasteiger partial charge in [-0.15, -0.1) is 0 Å². The number of nitrogens with one attached hydrogen (secondary N) is 1. The van der Waals surface area contributed by atoms with Crippen molar-refractivity contribution in [3.63, 3.8) is 0 Å². The SMILES string of the molecule is O=C(NCc1cccnc1)c1nc(-c2cn(-c3ccccn3)cn2)n2ccccc12. The lowest BCUT2D eigenvalue weighted by molar-refractivity contribution is 0.0948. The van der Waals surface area contributed by atoms with Crippen molar-refractivity contribution in [3.05, 3.63) is 97.1 Å². The van der Waals surface area contributed by atoms with Gasteiger partial charge in [-0.05, 0) is 35.9 Å². The first-order chi connectivity index (χ1) is 14.8. The van der Waals surface area contributed by atoms with Crippen molar-refractivity contribution >= 4 is 11.4 Å². The molecule has 0 saturated carbocycles. The van der Waals surface area contributed by atoms with Gasteiger partial charge in [-0.3, -0.25) is 18.7 Å². The van der Waals surface area contributed by atoms with Crippen LogP contribution in [0.4, 0.5) is 0 Å². The normalized spacial score (nSPS) is 10.9. The van der Waals surface area contributed by atoms with Crippen molar-refractivity contribution < 1.29 is 4.79 Å². The molecule has 8 heteroatoms. The average molecular weight is 395 g/mol. The fourth-order valence-electron chi connectivity index (χ4n) is 3.22. The van der Waals surface area contributed by atoms with E-state index in [1.54, 1.807) is 24.9 Å². The van der Waals surface area contributed by atoms with Crippen molar-refractivity contribution in [1.29, 1.82) is 0 Å². The van der Waals surface area contributed by atoms with E-state index in [0.717, 1.165) is 11.4 Å². The number of aromatic nitrogens is 6. The van der Waals surface area contributed by atoms with Crippen LogP contribution in [0, 0.1) is 0 Å². The maximum absolute atomic E-state index is 12.9. The van der Waals surface area contributed by atoms with Gasteiger partial charge in [0.25, 0.3) is 5.91 Å². The molecule has 0 bridgehead atoms. The molecule has 30 heavy (non-hydrogen) atoms. The molecule has 1 N–H and O–H groups in total. The minimum atomic E-state index is -0.252. The third-order valence-corrected chi connectivity index (χ3v) is 4.66. The summed E-state index contributed by atoms with van der Waals surface area (Å²) in [5.41, 5.74) is 2.63. The zero-order valence-electron chi connectivity index (χ0n) is 15.9. The summed E-state index contributed by atoms with van der Waals surface area (Å²) in [7, 11) is 0. The second-order valence-electron chi connectivity index (χ2n) is 6.64. The number of carbonyl (C=O) groups excluding carboxylic acids is 1. The van der Waals surface area contributed by atoms with Crippen LogP contribution in [0.2, 0.25) is 0 Å². The Labute approximate surface area is 171 Å². The molecule has 5 rings (SSSR count). The first kappa shape index (κ1) is 17.7. The first-order valence-corrected chi connectivity index (χ1v) is 9.39. The highest BCUT2D eigenvalue weighted by atomic mass is 16.1. The molecule has 5 heterocycles. The van der Waals surface area contributed by atoms with E-state index < -0.39 is 0 Å². The predicted octanol–water partition coefficient (Wildman–Crippen LogP) is 2.91. The smallest absolute Gasteiger partial charge is 0.272 e. The van der Waals surface area contributed by atoms with Gasteiger partial charge < -0.3 is 5.32 Å². The number of amides is 1. The monoisotopic (exact) mass is 395 g/mol. The number of hydrogen-bond acceptors (Lipinski definition) is 5. The summed E-state index contributed by atoms with van der Waals surface area (Å²) in [5, 5.41) is 2.91. The van der Waals surface area contributed by atoms with Gasteiger partial charge in [0.15, 0.2) is 11.5 Å². The minimum absolute atomic E-state index is 0.252. The maximum Gasteiger partial charge on any atom is 0.272 e. The van der Waals surface area contributed by atoms with Crippen molar-refractivity contribution in [3.8, 4) is 17.3 Å².